The summed E-state index contributed by atoms with van der Waals surface area (Å²) in [7, 11) is 0. The summed E-state index contributed by atoms with van der Waals surface area (Å²) < 4.78 is 0. The fourth-order valence-corrected chi connectivity index (χ4v) is 4.04. The van der Waals surface area contributed by atoms with E-state index in [4.69, 9.17) is 0 Å². The zero-order valence-electron chi connectivity index (χ0n) is 14.4. The zero-order chi connectivity index (χ0) is 15.9. The van der Waals surface area contributed by atoms with Gasteiger partial charge >= 0.3 is 0 Å². The van der Waals surface area contributed by atoms with Gasteiger partial charge in [0.05, 0.1) is 0 Å². The largest absolute Gasteiger partial charge is 0.550 e. The number of hydrogen-bond acceptors (Lipinski definition) is 3. The number of rotatable bonds is 15. The first-order valence-electron chi connectivity index (χ1n) is 8.98. The molecule has 0 rings (SSSR count). The van der Waals surface area contributed by atoms with Gasteiger partial charge in [0, 0.05) is 11.2 Å². The number of thioether (sulfide) groups is 1. The van der Waals surface area contributed by atoms with E-state index < -0.39 is 5.97 Å². The van der Waals surface area contributed by atoms with Crippen molar-refractivity contribution in [2.75, 3.05) is 5.75 Å². The zero-order valence-corrected chi connectivity index (χ0v) is 15.2. The summed E-state index contributed by atoms with van der Waals surface area (Å²) in [5.41, 5.74) is 0. The van der Waals surface area contributed by atoms with Gasteiger partial charge in [-0.25, -0.2) is 0 Å². The highest BCUT2D eigenvalue weighted by molar-refractivity contribution is 7.99. The van der Waals surface area contributed by atoms with Crippen LogP contribution < -0.4 is 5.11 Å². The lowest BCUT2D eigenvalue weighted by Crippen LogP contribution is -2.31. The first kappa shape index (κ1) is 20.8. The Morgan fingerprint density at radius 1 is 0.857 bits per heavy atom. The van der Waals surface area contributed by atoms with Crippen LogP contribution in [0.15, 0.2) is 0 Å². The van der Waals surface area contributed by atoms with Gasteiger partial charge in [-0.3, -0.25) is 0 Å². The van der Waals surface area contributed by atoms with Crippen molar-refractivity contribution in [2.24, 2.45) is 5.92 Å². The average molecular weight is 316 g/mol. The molecule has 0 aliphatic carbocycles. The number of carboxylic acids is 1. The van der Waals surface area contributed by atoms with Gasteiger partial charge in [0.15, 0.2) is 0 Å². The Morgan fingerprint density at radius 3 is 2.14 bits per heavy atom. The van der Waals surface area contributed by atoms with Crippen LogP contribution >= 0.6 is 11.8 Å². The van der Waals surface area contributed by atoms with Crippen molar-refractivity contribution in [3.05, 3.63) is 0 Å². The molecule has 2 atom stereocenters. The number of unbranched alkanes of at least 4 members (excludes halogenated alkanes) is 4. The second kappa shape index (κ2) is 14.7. The van der Waals surface area contributed by atoms with Crippen molar-refractivity contribution in [2.45, 2.75) is 96.7 Å². The monoisotopic (exact) mass is 315 g/mol. The van der Waals surface area contributed by atoms with Crippen LogP contribution in [-0.4, -0.2) is 17.0 Å². The molecule has 126 valence electrons. The normalized spacial score (nSPS) is 14.0. The lowest BCUT2D eigenvalue weighted by Gasteiger charge is -2.21. The standard InChI is InChI=1S/C18H36O2S/c1-4-7-9-10-15-21-17(11-6-3)14-13-16(18(19)20)12-8-5-2/h16-17H,4-15H2,1-3H3,(H,19,20)/p-1. The molecule has 2 unspecified atom stereocenters. The highest BCUT2D eigenvalue weighted by Crippen LogP contribution is 2.26. The van der Waals surface area contributed by atoms with Crippen molar-refractivity contribution in [3.63, 3.8) is 0 Å². The summed E-state index contributed by atoms with van der Waals surface area (Å²) in [5.74, 6) is 0.159. The molecule has 21 heavy (non-hydrogen) atoms. The van der Waals surface area contributed by atoms with Crippen molar-refractivity contribution in [1.82, 2.24) is 0 Å². The Kier molecular flexibility index (Phi) is 14.6. The van der Waals surface area contributed by atoms with E-state index in [2.05, 4.69) is 32.5 Å². The third-order valence-electron chi connectivity index (χ3n) is 4.04. The SMILES string of the molecule is CCCCCCSC(CCC)CCC(CCCC)C(=O)[O-]. The Morgan fingerprint density at radius 2 is 1.57 bits per heavy atom. The molecule has 0 aromatic carbocycles. The van der Waals surface area contributed by atoms with E-state index in [1.54, 1.807) is 0 Å². The molecule has 0 aromatic heterocycles. The van der Waals surface area contributed by atoms with Crippen LogP contribution in [0.5, 0.6) is 0 Å². The quantitative estimate of drug-likeness (QED) is 0.407. The third kappa shape index (κ3) is 12.1. The van der Waals surface area contributed by atoms with Crippen molar-refractivity contribution < 1.29 is 9.90 Å². The molecule has 0 spiro atoms. The molecular weight excluding hydrogens is 280 g/mol. The maximum atomic E-state index is 11.2. The number of aliphatic carboxylic acids is 1. The summed E-state index contributed by atoms with van der Waals surface area (Å²) in [6, 6.07) is 0. The van der Waals surface area contributed by atoms with E-state index in [9.17, 15) is 9.90 Å². The minimum Gasteiger partial charge on any atom is -0.550 e. The summed E-state index contributed by atoms with van der Waals surface area (Å²) in [4.78, 5) is 11.2. The van der Waals surface area contributed by atoms with Gasteiger partial charge in [-0.1, -0.05) is 59.3 Å². The van der Waals surface area contributed by atoms with E-state index >= 15 is 0 Å². The van der Waals surface area contributed by atoms with Gasteiger partial charge in [0.2, 0.25) is 0 Å². The molecule has 0 radical (unpaired) electrons. The molecule has 0 N–H and O–H groups in total. The van der Waals surface area contributed by atoms with Crippen molar-refractivity contribution in [1.29, 1.82) is 0 Å². The van der Waals surface area contributed by atoms with E-state index in [1.807, 2.05) is 0 Å². The third-order valence-corrected chi connectivity index (χ3v) is 5.51. The summed E-state index contributed by atoms with van der Waals surface area (Å²) in [6.45, 7) is 6.57. The van der Waals surface area contributed by atoms with Crippen LogP contribution in [0.1, 0.15) is 91.4 Å². The molecule has 0 heterocycles. The molecule has 3 heteroatoms. The highest BCUT2D eigenvalue weighted by atomic mass is 32.2. The molecule has 0 aliphatic heterocycles. The molecule has 0 amide bonds. The molecule has 0 saturated carbocycles. The Hall–Kier alpha value is -0.180. The maximum absolute atomic E-state index is 11.2. The second-order valence-electron chi connectivity index (χ2n) is 6.08. The molecule has 2 nitrogen and oxygen atoms in total. The molecule has 0 aromatic rings. The average Bonchev–Trinajstić information content (AvgIpc) is 2.46. The van der Waals surface area contributed by atoms with Crippen molar-refractivity contribution in [3.8, 4) is 0 Å². The van der Waals surface area contributed by atoms with Gasteiger partial charge in [0.1, 0.15) is 0 Å². The number of carbonyl (C=O) groups excluding carboxylic acids is 1. The van der Waals surface area contributed by atoms with E-state index in [-0.39, 0.29) is 5.92 Å². The van der Waals surface area contributed by atoms with Gasteiger partial charge in [-0.2, -0.15) is 11.8 Å². The smallest absolute Gasteiger partial charge is 0.0445 e. The molecule has 0 aliphatic rings. The van der Waals surface area contributed by atoms with Gasteiger partial charge in [-0.15, -0.1) is 0 Å². The Labute approximate surface area is 136 Å². The molecule has 0 bridgehead atoms. The second-order valence-corrected chi connectivity index (χ2v) is 7.49. The predicted octanol–water partition coefficient (Wildman–Crippen LogP) is 4.81. The topological polar surface area (TPSA) is 40.1 Å². The van der Waals surface area contributed by atoms with Gasteiger partial charge in [-0.05, 0) is 43.8 Å². The van der Waals surface area contributed by atoms with Gasteiger partial charge < -0.3 is 9.90 Å². The Bertz CT molecular complexity index is 243. The number of carboxylic acid groups (broad SMARTS) is 1. The minimum atomic E-state index is -0.841. The fourth-order valence-electron chi connectivity index (χ4n) is 2.63. The molecule has 0 saturated heterocycles. The maximum Gasteiger partial charge on any atom is 0.0445 e. The first-order chi connectivity index (χ1) is 10.2. The fraction of sp³-hybridized carbons (Fsp3) is 0.944. The van der Waals surface area contributed by atoms with Crippen LogP contribution in [0.4, 0.5) is 0 Å². The van der Waals surface area contributed by atoms with Crippen LogP contribution in [0.3, 0.4) is 0 Å². The first-order valence-corrected chi connectivity index (χ1v) is 10.0. The lowest BCUT2D eigenvalue weighted by molar-refractivity contribution is -0.312. The van der Waals surface area contributed by atoms with Crippen LogP contribution in [0.25, 0.3) is 0 Å². The van der Waals surface area contributed by atoms with Crippen LogP contribution in [-0.2, 0) is 4.79 Å². The highest BCUT2D eigenvalue weighted by Gasteiger charge is 2.14. The van der Waals surface area contributed by atoms with E-state index in [1.165, 1.54) is 44.3 Å². The van der Waals surface area contributed by atoms with Gasteiger partial charge in [0.25, 0.3) is 0 Å². The van der Waals surface area contributed by atoms with E-state index in [0.29, 0.717) is 5.25 Å². The van der Waals surface area contributed by atoms with Crippen LogP contribution in [0.2, 0.25) is 0 Å². The van der Waals surface area contributed by atoms with Crippen molar-refractivity contribution >= 4 is 17.7 Å². The summed E-state index contributed by atoms with van der Waals surface area (Å²) in [6.07, 6.45) is 12.4. The Balaban J connectivity index is 4.00. The predicted molar refractivity (Wildman–Crippen MR) is 92.6 cm³/mol. The van der Waals surface area contributed by atoms with Crippen LogP contribution in [0, 0.1) is 5.92 Å². The number of hydrogen-bond donors (Lipinski definition) is 0. The summed E-state index contributed by atoms with van der Waals surface area (Å²) in [5, 5.41) is 11.8. The lowest BCUT2D eigenvalue weighted by atomic mass is 9.95. The number of carbonyl (C=O) groups is 1. The minimum absolute atomic E-state index is 0.231. The van der Waals surface area contributed by atoms with E-state index in [0.717, 1.165) is 32.1 Å². The molecular formula is C18H35O2S-. The molecule has 0 fully saturated rings. The summed E-state index contributed by atoms with van der Waals surface area (Å²) >= 11 is 2.06.